The van der Waals surface area contributed by atoms with Gasteiger partial charge in [0.1, 0.15) is 11.9 Å². The molecule has 0 bridgehead atoms. The molecule has 0 N–H and O–H groups in total. The standard InChI is InChI=1S/C23H24N2O4S/c1-30(27,28)15-20-18-8-5-9-21(26)19(18)10-11-22(20)29-23(14-25-13-12-24-16-25)17-6-3-2-4-7-17/h2-4,6-7,10-13,16,23H,5,8-9,14-15H2,1H3/t23-/m1/s1. The van der Waals surface area contributed by atoms with Gasteiger partial charge in [-0.05, 0) is 36.1 Å². The number of ether oxygens (including phenoxy) is 1. The minimum Gasteiger partial charge on any atom is -0.484 e. The molecule has 30 heavy (non-hydrogen) atoms. The second-order valence-corrected chi connectivity index (χ2v) is 9.83. The zero-order chi connectivity index (χ0) is 21.1. The molecule has 0 aliphatic heterocycles. The number of imidazole rings is 1. The Bertz CT molecular complexity index is 1140. The van der Waals surface area contributed by atoms with Crippen molar-refractivity contribution in [2.75, 3.05) is 6.26 Å². The van der Waals surface area contributed by atoms with Gasteiger partial charge in [-0.1, -0.05) is 30.3 Å². The van der Waals surface area contributed by atoms with E-state index in [2.05, 4.69) is 4.98 Å². The molecule has 1 heterocycles. The van der Waals surface area contributed by atoms with Gasteiger partial charge in [0.15, 0.2) is 15.6 Å². The molecule has 1 atom stereocenters. The number of nitrogens with zero attached hydrogens (tertiary/aromatic N) is 2. The van der Waals surface area contributed by atoms with Crippen LogP contribution in [0.4, 0.5) is 0 Å². The summed E-state index contributed by atoms with van der Waals surface area (Å²) < 4.78 is 32.7. The first-order valence-electron chi connectivity index (χ1n) is 9.94. The molecule has 0 saturated heterocycles. The topological polar surface area (TPSA) is 78.3 Å². The molecule has 3 aromatic rings. The van der Waals surface area contributed by atoms with Crippen molar-refractivity contribution in [1.82, 2.24) is 9.55 Å². The predicted octanol–water partition coefficient (Wildman–Crippen LogP) is 3.77. The summed E-state index contributed by atoms with van der Waals surface area (Å²) in [6.07, 6.45) is 8.08. The Kier molecular flexibility index (Phi) is 5.72. The number of sulfone groups is 1. The van der Waals surface area contributed by atoms with Crippen LogP contribution in [0.2, 0.25) is 0 Å². The molecule has 0 radical (unpaired) electrons. The summed E-state index contributed by atoms with van der Waals surface area (Å²) in [7, 11) is -3.31. The van der Waals surface area contributed by atoms with Crippen LogP contribution in [0.1, 0.15) is 46.0 Å². The van der Waals surface area contributed by atoms with Crippen molar-refractivity contribution >= 4 is 15.6 Å². The Hall–Kier alpha value is -2.93. The van der Waals surface area contributed by atoms with Crippen molar-refractivity contribution in [3.8, 4) is 5.75 Å². The SMILES string of the molecule is CS(=O)(=O)Cc1c(O[C@H](Cn2ccnc2)c2ccccc2)ccc2c1CCCC2=O. The Morgan fingerprint density at radius 2 is 1.93 bits per heavy atom. The first kappa shape index (κ1) is 20.3. The van der Waals surface area contributed by atoms with Crippen molar-refractivity contribution < 1.29 is 17.9 Å². The van der Waals surface area contributed by atoms with E-state index in [1.165, 1.54) is 6.26 Å². The van der Waals surface area contributed by atoms with E-state index in [9.17, 15) is 13.2 Å². The van der Waals surface area contributed by atoms with Crippen molar-refractivity contribution in [2.45, 2.75) is 37.7 Å². The average molecular weight is 425 g/mol. The maximum Gasteiger partial charge on any atom is 0.163 e. The number of hydrogen-bond donors (Lipinski definition) is 0. The van der Waals surface area contributed by atoms with Crippen LogP contribution < -0.4 is 4.74 Å². The smallest absolute Gasteiger partial charge is 0.163 e. The summed E-state index contributed by atoms with van der Waals surface area (Å²) in [6.45, 7) is 0.526. The van der Waals surface area contributed by atoms with Gasteiger partial charge in [-0.2, -0.15) is 0 Å². The number of Topliss-reactive ketones (excluding diaryl/α,β-unsaturated/α-hetero) is 1. The molecule has 0 spiro atoms. The Morgan fingerprint density at radius 3 is 2.63 bits per heavy atom. The summed E-state index contributed by atoms with van der Waals surface area (Å²) >= 11 is 0. The average Bonchev–Trinajstić information content (AvgIpc) is 3.22. The zero-order valence-corrected chi connectivity index (χ0v) is 17.6. The summed E-state index contributed by atoms with van der Waals surface area (Å²) in [5.41, 5.74) is 3.02. The fourth-order valence-corrected chi connectivity index (χ4v) is 4.77. The summed E-state index contributed by atoms with van der Waals surface area (Å²) in [4.78, 5) is 16.5. The van der Waals surface area contributed by atoms with E-state index in [1.54, 1.807) is 24.7 Å². The third-order valence-corrected chi connectivity index (χ3v) is 6.12. The number of carbonyl (C=O) groups excluding carboxylic acids is 1. The van der Waals surface area contributed by atoms with Gasteiger partial charge in [0, 0.05) is 36.2 Å². The molecule has 6 nitrogen and oxygen atoms in total. The van der Waals surface area contributed by atoms with E-state index >= 15 is 0 Å². The van der Waals surface area contributed by atoms with Crippen LogP contribution in [0.3, 0.4) is 0 Å². The molecule has 1 aliphatic rings. The number of benzene rings is 2. The quantitative estimate of drug-likeness (QED) is 0.577. The van der Waals surface area contributed by atoms with Gasteiger partial charge in [0.05, 0.1) is 18.6 Å². The van der Waals surface area contributed by atoms with Crippen LogP contribution in [0.15, 0.2) is 61.2 Å². The van der Waals surface area contributed by atoms with Crippen LogP contribution in [-0.4, -0.2) is 30.0 Å². The second kappa shape index (κ2) is 8.44. The molecule has 4 rings (SSSR count). The first-order valence-corrected chi connectivity index (χ1v) is 12.0. The van der Waals surface area contributed by atoms with Gasteiger partial charge >= 0.3 is 0 Å². The van der Waals surface area contributed by atoms with Crippen molar-refractivity contribution in [2.24, 2.45) is 0 Å². The number of ketones is 1. The monoisotopic (exact) mass is 424 g/mol. The number of aromatic nitrogens is 2. The highest BCUT2D eigenvalue weighted by Crippen LogP contribution is 2.35. The van der Waals surface area contributed by atoms with E-state index in [0.29, 0.717) is 36.3 Å². The van der Waals surface area contributed by atoms with Crippen molar-refractivity contribution in [3.05, 3.63) is 83.4 Å². The highest BCUT2D eigenvalue weighted by molar-refractivity contribution is 7.89. The van der Waals surface area contributed by atoms with Crippen LogP contribution in [-0.2, 0) is 28.6 Å². The van der Waals surface area contributed by atoms with E-state index < -0.39 is 9.84 Å². The molecule has 1 aromatic heterocycles. The lowest BCUT2D eigenvalue weighted by Crippen LogP contribution is -2.19. The van der Waals surface area contributed by atoms with Gasteiger partial charge < -0.3 is 9.30 Å². The highest BCUT2D eigenvalue weighted by atomic mass is 32.2. The number of carbonyl (C=O) groups is 1. The number of hydrogen-bond acceptors (Lipinski definition) is 5. The molecule has 7 heteroatoms. The highest BCUT2D eigenvalue weighted by Gasteiger charge is 2.26. The van der Waals surface area contributed by atoms with Gasteiger partial charge in [0.2, 0.25) is 0 Å². The molecule has 2 aromatic carbocycles. The Labute approximate surface area is 176 Å². The van der Waals surface area contributed by atoms with E-state index in [-0.39, 0.29) is 17.6 Å². The molecule has 156 valence electrons. The van der Waals surface area contributed by atoms with Crippen molar-refractivity contribution in [3.63, 3.8) is 0 Å². The van der Waals surface area contributed by atoms with Crippen LogP contribution in [0.5, 0.6) is 5.75 Å². The van der Waals surface area contributed by atoms with E-state index in [4.69, 9.17) is 4.74 Å². The predicted molar refractivity (Wildman–Crippen MR) is 114 cm³/mol. The van der Waals surface area contributed by atoms with Gasteiger partial charge in [0.25, 0.3) is 0 Å². The maximum atomic E-state index is 12.4. The minimum absolute atomic E-state index is 0.0653. The van der Waals surface area contributed by atoms with Crippen LogP contribution in [0.25, 0.3) is 0 Å². The minimum atomic E-state index is -3.31. The summed E-state index contributed by atoms with van der Waals surface area (Å²) in [5.74, 6) is 0.434. The Balaban J connectivity index is 1.76. The number of rotatable bonds is 7. The molecule has 0 amide bonds. The summed E-state index contributed by atoms with van der Waals surface area (Å²) in [5, 5.41) is 0. The number of fused-ring (bicyclic) bond motifs is 1. The maximum absolute atomic E-state index is 12.4. The lowest BCUT2D eigenvalue weighted by molar-refractivity contribution is 0.0972. The van der Waals surface area contributed by atoms with Gasteiger partial charge in [-0.25, -0.2) is 13.4 Å². The third kappa shape index (κ3) is 4.62. The lowest BCUT2D eigenvalue weighted by Gasteiger charge is -2.25. The lowest BCUT2D eigenvalue weighted by atomic mass is 9.87. The largest absolute Gasteiger partial charge is 0.484 e. The second-order valence-electron chi connectivity index (χ2n) is 7.69. The zero-order valence-electron chi connectivity index (χ0n) is 16.8. The van der Waals surface area contributed by atoms with Crippen LogP contribution in [0, 0.1) is 0 Å². The third-order valence-electron chi connectivity index (χ3n) is 5.30. The molecule has 1 aliphatic carbocycles. The molecular formula is C23H24N2O4S. The fraction of sp³-hybridized carbons (Fsp3) is 0.304. The van der Waals surface area contributed by atoms with E-state index in [0.717, 1.165) is 17.5 Å². The van der Waals surface area contributed by atoms with Crippen LogP contribution >= 0.6 is 0 Å². The normalized spacial score (nSPS) is 14.9. The fourth-order valence-electron chi connectivity index (χ4n) is 3.93. The Morgan fingerprint density at radius 1 is 1.13 bits per heavy atom. The molecule has 0 saturated carbocycles. The molecule has 0 fully saturated rings. The van der Waals surface area contributed by atoms with Gasteiger partial charge in [-0.3, -0.25) is 4.79 Å². The van der Waals surface area contributed by atoms with E-state index in [1.807, 2.05) is 41.1 Å². The molecule has 0 unspecified atom stereocenters. The molecular weight excluding hydrogens is 400 g/mol. The van der Waals surface area contributed by atoms with Crippen molar-refractivity contribution in [1.29, 1.82) is 0 Å². The summed E-state index contributed by atoms with van der Waals surface area (Å²) in [6, 6.07) is 13.3. The first-order chi connectivity index (χ1) is 14.4. The van der Waals surface area contributed by atoms with Gasteiger partial charge in [-0.15, -0.1) is 0 Å².